The minimum absolute atomic E-state index is 0.203. The van der Waals surface area contributed by atoms with Gasteiger partial charge in [-0.05, 0) is 51.7 Å². The number of hydrogen-bond acceptors (Lipinski definition) is 4. The van der Waals surface area contributed by atoms with Crippen LogP contribution >= 0.6 is 0 Å². The third-order valence-corrected chi connectivity index (χ3v) is 3.81. The van der Waals surface area contributed by atoms with Crippen LogP contribution in [0, 0.1) is 5.92 Å². The number of piperidine rings is 1. The third-order valence-electron chi connectivity index (χ3n) is 3.81. The molecule has 1 aromatic carbocycles. The molecule has 3 N–H and O–H groups in total. The molecular formula is C17H27N3O2. The van der Waals surface area contributed by atoms with Crippen molar-refractivity contribution in [3.8, 4) is 0 Å². The highest BCUT2D eigenvalue weighted by Crippen LogP contribution is 2.22. The number of likely N-dealkylation sites (tertiary alicyclic amines) is 1. The molecule has 122 valence electrons. The molecular weight excluding hydrogens is 278 g/mol. The molecule has 0 aromatic heterocycles. The van der Waals surface area contributed by atoms with E-state index in [0.717, 1.165) is 43.9 Å². The summed E-state index contributed by atoms with van der Waals surface area (Å²) < 4.78 is 5.41. The van der Waals surface area contributed by atoms with E-state index in [2.05, 4.69) is 5.32 Å². The van der Waals surface area contributed by atoms with Crippen molar-refractivity contribution in [3.05, 3.63) is 24.3 Å². The number of nitrogens with two attached hydrogens (primary N) is 1. The van der Waals surface area contributed by atoms with Crippen LogP contribution in [0.2, 0.25) is 0 Å². The molecule has 5 heteroatoms. The van der Waals surface area contributed by atoms with Gasteiger partial charge in [0.25, 0.3) is 0 Å². The Bertz CT molecular complexity index is 503. The smallest absolute Gasteiger partial charge is 0.410 e. The number of ether oxygens (including phenoxy) is 1. The maximum absolute atomic E-state index is 12.0. The predicted octanol–water partition coefficient (Wildman–Crippen LogP) is 3.33. The molecule has 1 aliphatic heterocycles. The number of rotatable bonds is 3. The fourth-order valence-corrected chi connectivity index (χ4v) is 2.56. The fraction of sp³-hybridized carbons (Fsp3) is 0.588. The molecule has 0 atom stereocenters. The summed E-state index contributed by atoms with van der Waals surface area (Å²) in [6.45, 7) is 8.08. The van der Waals surface area contributed by atoms with Crippen LogP contribution in [0.1, 0.15) is 33.6 Å². The number of nitrogens with one attached hydrogen (secondary N) is 1. The van der Waals surface area contributed by atoms with E-state index < -0.39 is 5.60 Å². The van der Waals surface area contributed by atoms with Gasteiger partial charge in [-0.3, -0.25) is 0 Å². The van der Waals surface area contributed by atoms with Crippen LogP contribution in [0.15, 0.2) is 24.3 Å². The molecule has 0 radical (unpaired) electrons. The van der Waals surface area contributed by atoms with Gasteiger partial charge < -0.3 is 20.7 Å². The van der Waals surface area contributed by atoms with Gasteiger partial charge in [0.1, 0.15) is 5.60 Å². The van der Waals surface area contributed by atoms with Crippen LogP contribution in [0.25, 0.3) is 0 Å². The van der Waals surface area contributed by atoms with E-state index >= 15 is 0 Å². The fourth-order valence-electron chi connectivity index (χ4n) is 2.56. The topological polar surface area (TPSA) is 67.6 Å². The Kier molecular flexibility index (Phi) is 5.16. The van der Waals surface area contributed by atoms with Gasteiger partial charge in [-0.1, -0.05) is 12.1 Å². The molecule has 1 amide bonds. The summed E-state index contributed by atoms with van der Waals surface area (Å²) in [6, 6.07) is 7.79. The molecule has 1 fully saturated rings. The van der Waals surface area contributed by atoms with Crippen molar-refractivity contribution in [1.82, 2.24) is 4.90 Å². The first kappa shape index (κ1) is 16.5. The van der Waals surface area contributed by atoms with Crippen molar-refractivity contribution in [2.24, 2.45) is 5.92 Å². The summed E-state index contributed by atoms with van der Waals surface area (Å²) in [5, 5.41) is 3.41. The van der Waals surface area contributed by atoms with Gasteiger partial charge in [-0.15, -0.1) is 0 Å². The zero-order valence-electron chi connectivity index (χ0n) is 13.8. The van der Waals surface area contributed by atoms with Crippen molar-refractivity contribution in [1.29, 1.82) is 0 Å². The van der Waals surface area contributed by atoms with Crippen molar-refractivity contribution in [3.63, 3.8) is 0 Å². The Hall–Kier alpha value is -1.91. The number of nitrogens with zero attached hydrogens (tertiary/aromatic N) is 1. The second kappa shape index (κ2) is 6.90. The third kappa shape index (κ3) is 4.83. The average Bonchev–Trinajstić information content (AvgIpc) is 2.45. The van der Waals surface area contributed by atoms with Crippen molar-refractivity contribution >= 4 is 17.5 Å². The van der Waals surface area contributed by atoms with Gasteiger partial charge in [0.2, 0.25) is 0 Å². The lowest BCUT2D eigenvalue weighted by Gasteiger charge is -2.33. The Morgan fingerprint density at radius 1 is 1.32 bits per heavy atom. The maximum Gasteiger partial charge on any atom is 0.410 e. The molecule has 0 aliphatic carbocycles. The summed E-state index contributed by atoms with van der Waals surface area (Å²) in [4.78, 5) is 13.8. The molecule has 2 rings (SSSR count). The molecule has 5 nitrogen and oxygen atoms in total. The number of carbonyl (C=O) groups excluding carboxylic acids is 1. The number of anilines is 2. The molecule has 0 saturated carbocycles. The first-order valence-corrected chi connectivity index (χ1v) is 7.91. The minimum Gasteiger partial charge on any atom is -0.444 e. The molecule has 1 aromatic rings. The number of para-hydroxylation sites is 2. The van der Waals surface area contributed by atoms with Crippen LogP contribution in [0.5, 0.6) is 0 Å². The standard InChI is InChI=1S/C17H27N3O2/c1-17(2,3)22-16(21)20-10-8-13(9-11-20)12-19-15-7-5-4-6-14(15)18/h4-7,13,19H,8-12,18H2,1-3H3. The van der Waals surface area contributed by atoms with Crippen LogP contribution < -0.4 is 11.1 Å². The van der Waals surface area contributed by atoms with Crippen molar-refractivity contribution < 1.29 is 9.53 Å². The minimum atomic E-state index is -0.430. The number of carbonyl (C=O) groups is 1. The Morgan fingerprint density at radius 2 is 1.95 bits per heavy atom. The lowest BCUT2D eigenvalue weighted by molar-refractivity contribution is 0.0188. The van der Waals surface area contributed by atoms with E-state index in [9.17, 15) is 4.79 Å². The van der Waals surface area contributed by atoms with Crippen LogP contribution in [-0.2, 0) is 4.74 Å². The SMILES string of the molecule is CC(C)(C)OC(=O)N1CCC(CNc2ccccc2N)CC1. The van der Waals surface area contributed by atoms with Gasteiger partial charge in [0.05, 0.1) is 11.4 Å². The molecule has 1 aliphatic rings. The molecule has 0 spiro atoms. The van der Waals surface area contributed by atoms with Crippen LogP contribution in [-0.4, -0.2) is 36.2 Å². The second-order valence-electron chi connectivity index (χ2n) is 6.88. The number of amides is 1. The lowest BCUT2D eigenvalue weighted by Crippen LogP contribution is -2.42. The normalized spacial score (nSPS) is 16.4. The highest BCUT2D eigenvalue weighted by molar-refractivity contribution is 5.68. The van der Waals surface area contributed by atoms with Crippen LogP contribution in [0.4, 0.5) is 16.2 Å². The van der Waals surface area contributed by atoms with E-state index in [-0.39, 0.29) is 6.09 Å². The first-order valence-electron chi connectivity index (χ1n) is 7.91. The second-order valence-corrected chi connectivity index (χ2v) is 6.88. The largest absolute Gasteiger partial charge is 0.444 e. The summed E-state index contributed by atoms with van der Waals surface area (Å²) in [5.41, 5.74) is 7.25. The Labute approximate surface area is 132 Å². The van der Waals surface area contributed by atoms with Gasteiger partial charge in [-0.25, -0.2) is 4.79 Å². The molecule has 0 unspecified atom stereocenters. The summed E-state index contributed by atoms with van der Waals surface area (Å²) >= 11 is 0. The molecule has 1 heterocycles. The van der Waals surface area contributed by atoms with E-state index in [0.29, 0.717) is 5.92 Å². The van der Waals surface area contributed by atoms with Crippen LogP contribution in [0.3, 0.4) is 0 Å². The predicted molar refractivity (Wildman–Crippen MR) is 89.9 cm³/mol. The van der Waals surface area contributed by atoms with E-state index in [4.69, 9.17) is 10.5 Å². The molecule has 22 heavy (non-hydrogen) atoms. The molecule has 1 saturated heterocycles. The maximum atomic E-state index is 12.0. The quantitative estimate of drug-likeness (QED) is 0.841. The lowest BCUT2D eigenvalue weighted by atomic mass is 9.97. The summed E-state index contributed by atoms with van der Waals surface area (Å²) in [7, 11) is 0. The van der Waals surface area contributed by atoms with E-state index in [1.165, 1.54) is 0 Å². The average molecular weight is 305 g/mol. The highest BCUT2D eigenvalue weighted by Gasteiger charge is 2.26. The van der Waals surface area contributed by atoms with Crippen molar-refractivity contribution in [2.45, 2.75) is 39.2 Å². The van der Waals surface area contributed by atoms with Crippen molar-refractivity contribution in [2.75, 3.05) is 30.7 Å². The summed E-state index contributed by atoms with van der Waals surface area (Å²) in [5.74, 6) is 0.554. The number of hydrogen-bond donors (Lipinski definition) is 2. The van der Waals surface area contributed by atoms with Gasteiger partial charge in [-0.2, -0.15) is 0 Å². The zero-order valence-corrected chi connectivity index (χ0v) is 13.8. The number of benzene rings is 1. The monoisotopic (exact) mass is 305 g/mol. The summed E-state index contributed by atoms with van der Waals surface area (Å²) in [6.07, 6.45) is 1.77. The Morgan fingerprint density at radius 3 is 2.55 bits per heavy atom. The highest BCUT2D eigenvalue weighted by atomic mass is 16.6. The first-order chi connectivity index (χ1) is 10.3. The van der Waals surface area contributed by atoms with E-state index in [1.54, 1.807) is 4.90 Å². The van der Waals surface area contributed by atoms with Gasteiger partial charge in [0, 0.05) is 19.6 Å². The number of nitrogen functional groups attached to an aromatic ring is 1. The zero-order chi connectivity index (χ0) is 16.2. The van der Waals surface area contributed by atoms with Gasteiger partial charge in [0.15, 0.2) is 0 Å². The molecule has 0 bridgehead atoms. The Balaban J connectivity index is 1.76. The van der Waals surface area contributed by atoms with Gasteiger partial charge >= 0.3 is 6.09 Å². The van der Waals surface area contributed by atoms with E-state index in [1.807, 2.05) is 45.0 Å².